The molecule has 0 N–H and O–H groups in total. The fourth-order valence-corrected chi connectivity index (χ4v) is 1.20. The third-order valence-electron chi connectivity index (χ3n) is 1.73. The van der Waals surface area contributed by atoms with Gasteiger partial charge in [0, 0.05) is 0 Å². The van der Waals surface area contributed by atoms with Gasteiger partial charge in [0.15, 0.2) is 0 Å². The van der Waals surface area contributed by atoms with Crippen LogP contribution in [0.1, 0.15) is 5.56 Å². The number of hydrogen-bond acceptors (Lipinski definition) is 1. The van der Waals surface area contributed by atoms with E-state index in [-0.39, 0.29) is 5.82 Å². The second-order valence-corrected chi connectivity index (χ2v) is 2.53. The Morgan fingerprint density at radius 1 is 1.36 bits per heavy atom. The number of aryl methyl sites for hydroxylation is 1. The average Bonchev–Trinajstić information content (AvgIpc) is 2.34. The van der Waals surface area contributed by atoms with Crippen LogP contribution in [0.3, 0.4) is 0 Å². The molecule has 0 bridgehead atoms. The van der Waals surface area contributed by atoms with E-state index in [4.69, 9.17) is 4.42 Å². The number of halogens is 1. The standard InChI is InChI=1S/C9H7FO/c1-6-5-11-8-4-2-3-7(10)9(6)8/h2-5H,1H3. The van der Waals surface area contributed by atoms with Gasteiger partial charge in [0.2, 0.25) is 0 Å². The van der Waals surface area contributed by atoms with Crippen LogP contribution in [0.15, 0.2) is 28.9 Å². The van der Waals surface area contributed by atoms with E-state index in [9.17, 15) is 4.39 Å². The highest BCUT2D eigenvalue weighted by Crippen LogP contribution is 2.22. The Bertz CT molecular complexity index is 389. The summed E-state index contributed by atoms with van der Waals surface area (Å²) in [5.74, 6) is -0.214. The van der Waals surface area contributed by atoms with Gasteiger partial charge in [-0.2, -0.15) is 0 Å². The predicted octanol–water partition coefficient (Wildman–Crippen LogP) is 2.88. The minimum Gasteiger partial charge on any atom is -0.464 e. The molecule has 2 heteroatoms. The van der Waals surface area contributed by atoms with Crippen molar-refractivity contribution in [2.45, 2.75) is 6.92 Å². The van der Waals surface area contributed by atoms with Crippen LogP contribution in [-0.2, 0) is 0 Å². The Balaban J connectivity index is 2.96. The van der Waals surface area contributed by atoms with Gasteiger partial charge in [0.25, 0.3) is 0 Å². The van der Waals surface area contributed by atoms with Crippen LogP contribution in [0.25, 0.3) is 11.0 Å². The van der Waals surface area contributed by atoms with E-state index in [0.717, 1.165) is 5.56 Å². The number of benzene rings is 1. The van der Waals surface area contributed by atoms with Gasteiger partial charge in [0.1, 0.15) is 11.4 Å². The highest BCUT2D eigenvalue weighted by atomic mass is 19.1. The van der Waals surface area contributed by atoms with Gasteiger partial charge in [-0.25, -0.2) is 4.39 Å². The first kappa shape index (κ1) is 6.40. The van der Waals surface area contributed by atoms with Crippen molar-refractivity contribution >= 4 is 11.0 Å². The zero-order valence-corrected chi connectivity index (χ0v) is 6.10. The molecule has 0 spiro atoms. The highest BCUT2D eigenvalue weighted by molar-refractivity contribution is 5.81. The topological polar surface area (TPSA) is 13.1 Å². The van der Waals surface area contributed by atoms with E-state index < -0.39 is 0 Å². The van der Waals surface area contributed by atoms with Crippen molar-refractivity contribution in [1.82, 2.24) is 0 Å². The molecule has 1 nitrogen and oxygen atoms in total. The van der Waals surface area contributed by atoms with Gasteiger partial charge < -0.3 is 4.42 Å². The van der Waals surface area contributed by atoms with Gasteiger partial charge in [-0.05, 0) is 24.6 Å². The predicted molar refractivity (Wildman–Crippen MR) is 40.9 cm³/mol. The second kappa shape index (κ2) is 2.09. The van der Waals surface area contributed by atoms with E-state index in [1.165, 1.54) is 6.07 Å². The first-order valence-corrected chi connectivity index (χ1v) is 3.41. The molecule has 0 saturated carbocycles. The molecule has 0 aliphatic carbocycles. The molecule has 2 aromatic rings. The van der Waals surface area contributed by atoms with Crippen molar-refractivity contribution in [2.75, 3.05) is 0 Å². The monoisotopic (exact) mass is 150 g/mol. The SMILES string of the molecule is Cc1coc2cccc(F)c12. The molecule has 0 saturated heterocycles. The van der Waals surface area contributed by atoms with Crippen LogP contribution < -0.4 is 0 Å². The zero-order chi connectivity index (χ0) is 7.84. The van der Waals surface area contributed by atoms with Crippen molar-refractivity contribution < 1.29 is 8.81 Å². The van der Waals surface area contributed by atoms with E-state index in [2.05, 4.69) is 0 Å². The Hall–Kier alpha value is -1.31. The number of fused-ring (bicyclic) bond motifs is 1. The van der Waals surface area contributed by atoms with Gasteiger partial charge in [-0.1, -0.05) is 6.07 Å². The number of rotatable bonds is 0. The van der Waals surface area contributed by atoms with Crippen LogP contribution >= 0.6 is 0 Å². The van der Waals surface area contributed by atoms with Crippen LogP contribution in [-0.4, -0.2) is 0 Å². The quantitative estimate of drug-likeness (QED) is 0.562. The maximum absolute atomic E-state index is 13.0. The van der Waals surface area contributed by atoms with E-state index in [0.29, 0.717) is 11.0 Å². The lowest BCUT2D eigenvalue weighted by Gasteiger charge is -1.89. The van der Waals surface area contributed by atoms with Gasteiger partial charge in [-0.3, -0.25) is 0 Å². The van der Waals surface area contributed by atoms with Crippen molar-refractivity contribution in [3.63, 3.8) is 0 Å². The minimum absolute atomic E-state index is 0.214. The molecule has 11 heavy (non-hydrogen) atoms. The van der Waals surface area contributed by atoms with Gasteiger partial charge in [0.05, 0.1) is 11.6 Å². The Kier molecular flexibility index (Phi) is 1.22. The van der Waals surface area contributed by atoms with Crippen LogP contribution in [0.2, 0.25) is 0 Å². The molecular formula is C9H7FO. The first-order valence-electron chi connectivity index (χ1n) is 3.41. The summed E-state index contributed by atoms with van der Waals surface area (Å²) in [5.41, 5.74) is 1.46. The normalized spacial score (nSPS) is 10.7. The minimum atomic E-state index is -0.214. The van der Waals surface area contributed by atoms with Gasteiger partial charge in [-0.15, -0.1) is 0 Å². The van der Waals surface area contributed by atoms with Crippen molar-refractivity contribution in [2.24, 2.45) is 0 Å². The Morgan fingerprint density at radius 3 is 2.91 bits per heavy atom. The third kappa shape index (κ3) is 0.827. The zero-order valence-electron chi connectivity index (χ0n) is 6.10. The van der Waals surface area contributed by atoms with E-state index in [1.807, 2.05) is 6.92 Å². The molecule has 1 aromatic heterocycles. The largest absolute Gasteiger partial charge is 0.464 e. The fraction of sp³-hybridized carbons (Fsp3) is 0.111. The summed E-state index contributed by atoms with van der Waals surface area (Å²) in [6, 6.07) is 4.83. The molecule has 0 aliphatic heterocycles. The van der Waals surface area contributed by atoms with Gasteiger partial charge >= 0.3 is 0 Å². The summed E-state index contributed by atoms with van der Waals surface area (Å²) in [5, 5.41) is 0.590. The van der Waals surface area contributed by atoms with E-state index in [1.54, 1.807) is 18.4 Å². The van der Waals surface area contributed by atoms with Crippen molar-refractivity contribution in [1.29, 1.82) is 0 Å². The van der Waals surface area contributed by atoms with Crippen LogP contribution in [0.5, 0.6) is 0 Å². The summed E-state index contributed by atoms with van der Waals surface area (Å²) < 4.78 is 18.1. The second-order valence-electron chi connectivity index (χ2n) is 2.53. The fourth-order valence-electron chi connectivity index (χ4n) is 1.20. The highest BCUT2D eigenvalue weighted by Gasteiger charge is 2.05. The lowest BCUT2D eigenvalue weighted by Crippen LogP contribution is -1.75. The summed E-state index contributed by atoms with van der Waals surface area (Å²) >= 11 is 0. The molecule has 1 heterocycles. The molecule has 56 valence electrons. The summed E-state index contributed by atoms with van der Waals surface area (Å²) in [7, 11) is 0. The van der Waals surface area contributed by atoms with Crippen LogP contribution in [0.4, 0.5) is 4.39 Å². The average molecular weight is 150 g/mol. The molecule has 0 radical (unpaired) electrons. The number of hydrogen-bond donors (Lipinski definition) is 0. The molecule has 0 atom stereocenters. The van der Waals surface area contributed by atoms with E-state index >= 15 is 0 Å². The lowest BCUT2D eigenvalue weighted by atomic mass is 10.2. The van der Waals surface area contributed by atoms with Crippen LogP contribution in [0, 0.1) is 12.7 Å². The maximum atomic E-state index is 13.0. The molecule has 2 rings (SSSR count). The first-order chi connectivity index (χ1) is 5.29. The molecule has 0 unspecified atom stereocenters. The summed E-state index contributed by atoms with van der Waals surface area (Å²) in [4.78, 5) is 0. The van der Waals surface area contributed by atoms with Crippen molar-refractivity contribution in [3.8, 4) is 0 Å². The number of furan rings is 1. The third-order valence-corrected chi connectivity index (χ3v) is 1.73. The maximum Gasteiger partial charge on any atom is 0.137 e. The summed E-state index contributed by atoms with van der Waals surface area (Å²) in [6.45, 7) is 1.83. The smallest absolute Gasteiger partial charge is 0.137 e. The molecular weight excluding hydrogens is 143 g/mol. The van der Waals surface area contributed by atoms with Crippen molar-refractivity contribution in [3.05, 3.63) is 35.8 Å². The molecule has 1 aromatic carbocycles. The Morgan fingerprint density at radius 2 is 2.18 bits per heavy atom. The lowest BCUT2D eigenvalue weighted by molar-refractivity contribution is 0.609. The summed E-state index contributed by atoms with van der Waals surface area (Å²) in [6.07, 6.45) is 1.56. The Labute approximate surface area is 63.4 Å². The molecule has 0 aliphatic rings. The molecule has 0 amide bonds. The molecule has 0 fully saturated rings.